The monoisotopic (exact) mass is 468 g/mol. The van der Waals surface area contributed by atoms with Crippen molar-refractivity contribution in [2.45, 2.75) is 4.90 Å². The highest BCUT2D eigenvalue weighted by Crippen LogP contribution is 2.25. The molecule has 3 aromatic rings. The molecule has 0 spiro atoms. The van der Waals surface area contributed by atoms with E-state index in [0.717, 1.165) is 26.4 Å². The van der Waals surface area contributed by atoms with Crippen molar-refractivity contribution in [2.24, 2.45) is 0 Å². The van der Waals surface area contributed by atoms with Crippen molar-refractivity contribution in [3.05, 3.63) is 89.5 Å². The number of hydrogen-bond acceptors (Lipinski definition) is 7. The van der Waals surface area contributed by atoms with Gasteiger partial charge in [0.25, 0.3) is 15.9 Å². The fraction of sp³-hybridized carbons (Fsp3) is 0.0870. The highest BCUT2D eigenvalue weighted by atomic mass is 32.2. The lowest BCUT2D eigenvalue weighted by Crippen LogP contribution is -2.21. The summed E-state index contributed by atoms with van der Waals surface area (Å²) in [6.45, 7) is 0. The molecular formula is C23H20N2O7S. The van der Waals surface area contributed by atoms with Crippen LogP contribution in [0.3, 0.4) is 0 Å². The summed E-state index contributed by atoms with van der Waals surface area (Å²) in [5.74, 6) is -2.25. The number of methoxy groups -OCH3 is 2. The Labute approximate surface area is 190 Å². The molecule has 9 nitrogen and oxygen atoms in total. The van der Waals surface area contributed by atoms with Gasteiger partial charge >= 0.3 is 11.9 Å². The molecule has 33 heavy (non-hydrogen) atoms. The van der Waals surface area contributed by atoms with E-state index in [0.29, 0.717) is 5.69 Å². The lowest BCUT2D eigenvalue weighted by molar-refractivity contribution is 0.0583. The number of benzene rings is 3. The van der Waals surface area contributed by atoms with E-state index in [1.54, 1.807) is 42.5 Å². The number of carbonyl (C=O) groups excluding carboxylic acids is 3. The molecule has 0 atom stereocenters. The summed E-state index contributed by atoms with van der Waals surface area (Å²) in [7, 11) is -2.19. The van der Waals surface area contributed by atoms with Crippen molar-refractivity contribution in [3.63, 3.8) is 0 Å². The molecule has 0 unspecified atom stereocenters. The van der Waals surface area contributed by atoms with Crippen molar-refractivity contribution in [1.82, 2.24) is 0 Å². The summed E-state index contributed by atoms with van der Waals surface area (Å²) in [4.78, 5) is 36.4. The molecule has 0 aliphatic carbocycles. The van der Waals surface area contributed by atoms with Crippen LogP contribution in [0.1, 0.15) is 31.1 Å². The summed E-state index contributed by atoms with van der Waals surface area (Å²) in [5.41, 5.74) is 0.183. The van der Waals surface area contributed by atoms with E-state index in [1.807, 2.05) is 0 Å². The summed E-state index contributed by atoms with van der Waals surface area (Å²) < 4.78 is 38.1. The van der Waals surface area contributed by atoms with Gasteiger partial charge in [0.1, 0.15) is 4.90 Å². The third-order valence-corrected chi connectivity index (χ3v) is 5.95. The van der Waals surface area contributed by atoms with E-state index in [4.69, 9.17) is 0 Å². The molecule has 0 heterocycles. The number of hydrogen-bond donors (Lipinski definition) is 2. The predicted octanol–water partition coefficient (Wildman–Crippen LogP) is 3.31. The summed E-state index contributed by atoms with van der Waals surface area (Å²) in [5, 5.41) is 2.69. The number of anilines is 2. The number of amides is 1. The summed E-state index contributed by atoms with van der Waals surface area (Å²) in [6.07, 6.45) is 0. The van der Waals surface area contributed by atoms with Crippen LogP contribution in [0.4, 0.5) is 11.4 Å². The van der Waals surface area contributed by atoms with Gasteiger partial charge in [0.2, 0.25) is 0 Å². The minimum Gasteiger partial charge on any atom is -0.465 e. The van der Waals surface area contributed by atoms with Crippen LogP contribution in [0.25, 0.3) is 0 Å². The molecule has 0 aliphatic heterocycles. The maximum absolute atomic E-state index is 13.2. The molecule has 2 N–H and O–H groups in total. The van der Waals surface area contributed by atoms with E-state index in [9.17, 15) is 22.8 Å². The van der Waals surface area contributed by atoms with Gasteiger partial charge in [0.15, 0.2) is 0 Å². The van der Waals surface area contributed by atoms with Gasteiger partial charge in [0.05, 0.1) is 36.6 Å². The molecule has 0 aliphatic rings. The van der Waals surface area contributed by atoms with Crippen LogP contribution >= 0.6 is 0 Å². The van der Waals surface area contributed by atoms with Crippen LogP contribution in [0.2, 0.25) is 0 Å². The minimum atomic E-state index is -4.43. The number of rotatable bonds is 7. The number of carbonyl (C=O) groups is 3. The first-order chi connectivity index (χ1) is 15.8. The molecule has 0 saturated carbocycles. The maximum Gasteiger partial charge on any atom is 0.339 e. The first-order valence-corrected chi connectivity index (χ1v) is 11.0. The zero-order valence-electron chi connectivity index (χ0n) is 17.7. The van der Waals surface area contributed by atoms with Gasteiger partial charge in [-0.2, -0.15) is 0 Å². The first kappa shape index (κ1) is 23.5. The Morgan fingerprint density at radius 2 is 1.39 bits per heavy atom. The van der Waals surface area contributed by atoms with Crippen LogP contribution in [-0.2, 0) is 19.5 Å². The van der Waals surface area contributed by atoms with Crippen LogP contribution in [-0.4, -0.2) is 40.5 Å². The Hall–Kier alpha value is -4.18. The van der Waals surface area contributed by atoms with Crippen molar-refractivity contribution < 1.29 is 32.3 Å². The highest BCUT2D eigenvalue weighted by Gasteiger charge is 2.26. The highest BCUT2D eigenvalue weighted by molar-refractivity contribution is 7.92. The zero-order valence-corrected chi connectivity index (χ0v) is 18.5. The standard InChI is InChI=1S/C23H20N2O7S/c1-31-22(27)15-12-13-18(23(28)32-2)20(14-15)33(29,30)25-19-11-7-6-10-17(19)21(26)24-16-8-4-3-5-9-16/h3-14,25H,1-2H3,(H,24,26). The molecule has 0 bridgehead atoms. The number of sulfonamides is 1. The van der Waals surface area contributed by atoms with Gasteiger partial charge in [-0.05, 0) is 42.5 Å². The van der Waals surface area contributed by atoms with E-state index in [-0.39, 0.29) is 22.4 Å². The molecule has 3 rings (SSSR count). The van der Waals surface area contributed by atoms with Crippen molar-refractivity contribution in [3.8, 4) is 0 Å². The summed E-state index contributed by atoms with van der Waals surface area (Å²) >= 11 is 0. The second-order valence-corrected chi connectivity index (χ2v) is 8.32. The fourth-order valence-corrected chi connectivity index (χ4v) is 4.26. The molecule has 3 aromatic carbocycles. The van der Waals surface area contributed by atoms with Gasteiger partial charge in [-0.1, -0.05) is 30.3 Å². The SMILES string of the molecule is COC(=O)c1ccc(C(=O)OC)c(S(=O)(=O)Nc2ccccc2C(=O)Nc2ccccc2)c1. The molecule has 0 radical (unpaired) electrons. The van der Waals surface area contributed by atoms with Crippen LogP contribution in [0.15, 0.2) is 77.7 Å². The minimum absolute atomic E-state index is 0.0229. The average Bonchev–Trinajstić information content (AvgIpc) is 2.83. The molecule has 0 fully saturated rings. The largest absolute Gasteiger partial charge is 0.465 e. The quantitative estimate of drug-likeness (QED) is 0.509. The van der Waals surface area contributed by atoms with Gasteiger partial charge < -0.3 is 14.8 Å². The van der Waals surface area contributed by atoms with Crippen LogP contribution < -0.4 is 10.0 Å². The zero-order chi connectivity index (χ0) is 24.0. The topological polar surface area (TPSA) is 128 Å². The molecule has 0 aromatic heterocycles. The first-order valence-electron chi connectivity index (χ1n) is 9.55. The van der Waals surface area contributed by atoms with E-state index in [1.165, 1.54) is 18.2 Å². The molecule has 0 saturated heterocycles. The second kappa shape index (κ2) is 9.96. The van der Waals surface area contributed by atoms with E-state index < -0.39 is 32.8 Å². The average molecular weight is 468 g/mol. The van der Waals surface area contributed by atoms with Gasteiger partial charge in [-0.25, -0.2) is 18.0 Å². The predicted molar refractivity (Wildman–Crippen MR) is 121 cm³/mol. The molecule has 10 heteroatoms. The van der Waals surface area contributed by atoms with Gasteiger partial charge in [0, 0.05) is 5.69 Å². The van der Waals surface area contributed by atoms with Crippen LogP contribution in [0, 0.1) is 0 Å². The Balaban J connectivity index is 2.01. The number of ether oxygens (including phenoxy) is 2. The molecule has 170 valence electrons. The summed E-state index contributed by atoms with van der Waals surface area (Å²) in [6, 6.07) is 18.0. The number of esters is 2. The maximum atomic E-state index is 13.2. The number of nitrogens with one attached hydrogen (secondary N) is 2. The van der Waals surface area contributed by atoms with Crippen LogP contribution in [0.5, 0.6) is 0 Å². The third kappa shape index (κ3) is 5.36. The van der Waals surface area contributed by atoms with Crippen molar-refractivity contribution in [1.29, 1.82) is 0 Å². The lowest BCUT2D eigenvalue weighted by atomic mass is 10.1. The lowest BCUT2D eigenvalue weighted by Gasteiger charge is -2.15. The normalized spacial score (nSPS) is 10.7. The Morgan fingerprint density at radius 3 is 2.06 bits per heavy atom. The van der Waals surface area contributed by atoms with Crippen molar-refractivity contribution >= 4 is 39.2 Å². The fourth-order valence-electron chi connectivity index (χ4n) is 2.96. The van der Waals surface area contributed by atoms with Gasteiger partial charge in [-0.3, -0.25) is 9.52 Å². The Kier molecular flexibility index (Phi) is 7.09. The smallest absolute Gasteiger partial charge is 0.339 e. The molecule has 1 amide bonds. The Bertz CT molecular complexity index is 1310. The van der Waals surface area contributed by atoms with Crippen molar-refractivity contribution in [2.75, 3.05) is 24.3 Å². The molecular weight excluding hydrogens is 448 g/mol. The van der Waals surface area contributed by atoms with E-state index in [2.05, 4.69) is 19.5 Å². The third-order valence-electron chi connectivity index (χ3n) is 4.55. The Morgan fingerprint density at radius 1 is 0.758 bits per heavy atom. The number of para-hydroxylation sites is 2. The second-order valence-electron chi connectivity index (χ2n) is 6.67. The van der Waals surface area contributed by atoms with E-state index >= 15 is 0 Å². The van der Waals surface area contributed by atoms with Gasteiger partial charge in [-0.15, -0.1) is 0 Å².